The molecule has 25 heteroatoms. The van der Waals surface area contributed by atoms with E-state index in [0.717, 1.165) is 11.3 Å². The lowest BCUT2D eigenvalue weighted by Gasteiger charge is -2.35. The topological polar surface area (TPSA) is 317 Å². The van der Waals surface area contributed by atoms with Gasteiger partial charge in [-0.1, -0.05) is 99.6 Å². The first-order chi connectivity index (χ1) is 42.0. The van der Waals surface area contributed by atoms with E-state index in [0.29, 0.717) is 37.9 Å². The van der Waals surface area contributed by atoms with Crippen LogP contribution in [-0.2, 0) is 59.2 Å². The Labute approximate surface area is 534 Å². The van der Waals surface area contributed by atoms with Gasteiger partial charge in [-0.15, -0.1) is 0 Å². The molecule has 2 aliphatic heterocycles. The molecule has 1 aromatic carbocycles. The molecule has 7 N–H and O–H groups in total. The fourth-order valence-electron chi connectivity index (χ4n) is 11.4. The first-order valence-corrected chi connectivity index (χ1v) is 32.1. The molecule has 0 aromatic heterocycles. The zero-order valence-electron chi connectivity index (χ0n) is 56.8. The molecule has 2 heterocycles. The summed E-state index contributed by atoms with van der Waals surface area (Å²) in [6.07, 6.45) is 0.990. The van der Waals surface area contributed by atoms with E-state index >= 15 is 0 Å². The molecule has 90 heavy (non-hydrogen) atoms. The monoisotopic (exact) mass is 1260 g/mol. The number of likely N-dealkylation sites (N-methyl/N-ethyl adjacent to an activating group) is 3. The van der Waals surface area contributed by atoms with E-state index < -0.39 is 150 Å². The number of hydrogen-bond acceptors (Lipinski definition) is 14. The van der Waals surface area contributed by atoms with Crippen LogP contribution in [0.1, 0.15) is 141 Å². The van der Waals surface area contributed by atoms with Crippen molar-refractivity contribution in [2.75, 3.05) is 68.0 Å². The predicted molar refractivity (Wildman–Crippen MR) is 341 cm³/mol. The van der Waals surface area contributed by atoms with Crippen molar-refractivity contribution in [3.63, 3.8) is 0 Å². The summed E-state index contributed by atoms with van der Waals surface area (Å²) in [7, 11) is 7.10. The van der Waals surface area contributed by atoms with Gasteiger partial charge < -0.3 is 56.6 Å². The molecular weight excluding hydrogens is 1160 g/mol. The van der Waals surface area contributed by atoms with Crippen LogP contribution in [-0.4, -0.2) is 228 Å². The Morgan fingerprint density at radius 2 is 1.18 bits per heavy atom. The number of aliphatic hydroxyl groups is 1. The largest absolute Gasteiger partial charge is 0.391 e. The van der Waals surface area contributed by atoms with Gasteiger partial charge in [-0.25, -0.2) is 4.79 Å². The van der Waals surface area contributed by atoms with Crippen LogP contribution < -0.4 is 31.9 Å². The number of carbonyl (C=O) groups excluding carboxylic acids is 12. The SMILES string of the molecule is CC(C)C[C@@H]1CN(C)C(=O)[C@H](CC(C)C)CNC(=O)[C@H](C(C)C)N(C)C(=O)[C@H](Cc2ccccc2)NC(=O)N(C)C(=O)CC([C@@H](C)O)NC(=O)[C@H](C)N(C)CC(=O)[C@@H](CC(C)C)N(C)C(=O)[C@@H](C(C)C)NC(=O)[C@@H](C(=O)N2CCCCC2)NC(=O)[C@H](C)NC1=O. The number of carbonyl (C=O) groups is 12. The number of piperidine rings is 1. The third-order valence-corrected chi connectivity index (χ3v) is 16.9. The normalized spacial score (nSPS) is 26.8. The van der Waals surface area contributed by atoms with Crippen molar-refractivity contribution in [1.29, 1.82) is 0 Å². The summed E-state index contributed by atoms with van der Waals surface area (Å²) in [6.45, 7) is 22.5. The summed E-state index contributed by atoms with van der Waals surface area (Å²) in [6, 6.07) is -2.48. The average Bonchev–Trinajstić information content (AvgIpc) is 1.82. The minimum Gasteiger partial charge on any atom is -0.391 e. The zero-order valence-corrected chi connectivity index (χ0v) is 56.8. The second-order valence-corrected chi connectivity index (χ2v) is 26.9. The number of nitrogens with zero attached hydrogens (tertiary/aromatic N) is 6. The Morgan fingerprint density at radius 3 is 1.72 bits per heavy atom. The van der Waals surface area contributed by atoms with Crippen molar-refractivity contribution < 1.29 is 62.6 Å². The lowest BCUT2D eigenvalue weighted by molar-refractivity contribution is -0.146. The number of rotatable bonds is 12. The van der Waals surface area contributed by atoms with Crippen LogP contribution in [0.3, 0.4) is 0 Å². The molecule has 0 bridgehead atoms. The van der Waals surface area contributed by atoms with Crippen molar-refractivity contribution in [1.82, 2.24) is 61.3 Å². The summed E-state index contributed by atoms with van der Waals surface area (Å²) in [5, 5.41) is 27.2. The summed E-state index contributed by atoms with van der Waals surface area (Å²) >= 11 is 0. The van der Waals surface area contributed by atoms with E-state index in [2.05, 4.69) is 31.9 Å². The number of benzene rings is 1. The highest BCUT2D eigenvalue weighted by atomic mass is 16.3. The minimum atomic E-state index is -1.84. The Kier molecular flexibility index (Phi) is 31.0. The van der Waals surface area contributed by atoms with Crippen LogP contribution >= 0.6 is 0 Å². The Bertz CT molecular complexity index is 2630. The third kappa shape index (κ3) is 23.0. The maximum atomic E-state index is 14.7. The van der Waals surface area contributed by atoms with Crippen LogP contribution in [0.2, 0.25) is 0 Å². The van der Waals surface area contributed by atoms with Crippen LogP contribution in [0, 0.1) is 41.4 Å². The molecule has 0 aliphatic carbocycles. The van der Waals surface area contributed by atoms with Crippen LogP contribution in [0.5, 0.6) is 0 Å². The molecule has 1 unspecified atom stereocenters. The lowest BCUT2D eigenvalue weighted by Crippen LogP contribution is -2.63. The van der Waals surface area contributed by atoms with E-state index in [-0.39, 0.29) is 62.6 Å². The van der Waals surface area contributed by atoms with Crippen molar-refractivity contribution in [3.8, 4) is 0 Å². The van der Waals surface area contributed by atoms with Gasteiger partial charge in [0, 0.05) is 60.8 Å². The maximum absolute atomic E-state index is 14.7. The van der Waals surface area contributed by atoms with Gasteiger partial charge in [0.2, 0.25) is 47.3 Å². The van der Waals surface area contributed by atoms with Gasteiger partial charge in [-0.3, -0.25) is 62.5 Å². The van der Waals surface area contributed by atoms with Crippen LogP contribution in [0.4, 0.5) is 4.79 Å². The van der Waals surface area contributed by atoms with E-state index in [4.69, 9.17) is 0 Å². The standard InChI is InChI=1S/C65H108N12O13/c1-37(2)29-46-34-66-60(85)55(41(9)10)76(18)62(87)49(32-45-25-21-19-22-26-45)69-65(90)75(17)52(80)33-48(44(13)78)68-57(82)43(12)72(14)36-51(79)50(31-39(5)6)74(16)63(88)53(40(7)8)70-59(84)54(64(89)77-27-23-20-24-28-77)71-56(81)42(11)67-58(83)47(30-38(3)4)35-73(15)61(46)86/h19,21-22,25-26,37-44,46-50,53-55,78H,20,23-24,27-36H2,1-18H3,(H,66,85)(H,67,83)(H,68,82)(H,69,90)(H,70,84)(H,71,81)/t42-,43-,44+,46+,47+,48?,49-,50+,53+,54-,55-/m0/s1. The quantitative estimate of drug-likeness (QED) is 0.148. The van der Waals surface area contributed by atoms with Crippen LogP contribution in [0.15, 0.2) is 30.3 Å². The van der Waals surface area contributed by atoms with Gasteiger partial charge in [0.05, 0.1) is 49.0 Å². The molecule has 25 nitrogen and oxygen atoms in total. The van der Waals surface area contributed by atoms with Gasteiger partial charge >= 0.3 is 6.03 Å². The predicted octanol–water partition coefficient (Wildman–Crippen LogP) is 2.32. The number of Topliss-reactive ketones (excluding diaryl/α,β-unsaturated/α-hetero) is 1. The van der Waals surface area contributed by atoms with Gasteiger partial charge in [0.15, 0.2) is 11.8 Å². The molecule has 2 fully saturated rings. The molecule has 1 aromatic rings. The highest BCUT2D eigenvalue weighted by Gasteiger charge is 2.42. The highest BCUT2D eigenvalue weighted by molar-refractivity contribution is 6.09. The fraction of sp³-hybridized carbons (Fsp3) is 0.723. The average molecular weight is 1270 g/mol. The van der Waals surface area contributed by atoms with Crippen molar-refractivity contribution in [2.45, 2.75) is 196 Å². The second-order valence-electron chi connectivity index (χ2n) is 26.9. The maximum Gasteiger partial charge on any atom is 0.324 e. The minimum absolute atomic E-state index is 0.0307. The lowest BCUT2D eigenvalue weighted by atomic mass is 9.92. The molecular formula is C65H108N12O13. The number of hydrogen-bond donors (Lipinski definition) is 7. The number of likely N-dealkylation sites (tertiary alicyclic amines) is 1. The fourth-order valence-corrected chi connectivity index (χ4v) is 11.4. The Balaban J connectivity index is 2.18. The van der Waals surface area contributed by atoms with Crippen molar-refractivity contribution in [2.24, 2.45) is 41.4 Å². The number of ketones is 1. The summed E-state index contributed by atoms with van der Waals surface area (Å²) in [4.78, 5) is 180. The molecule has 11 atom stereocenters. The van der Waals surface area contributed by atoms with Gasteiger partial charge in [-0.05, 0) is 101 Å². The number of urea groups is 1. The van der Waals surface area contributed by atoms with E-state index in [1.807, 2.05) is 41.5 Å². The second kappa shape index (κ2) is 36.1. The van der Waals surface area contributed by atoms with Gasteiger partial charge in [0.1, 0.15) is 24.2 Å². The summed E-state index contributed by atoms with van der Waals surface area (Å²) in [5.41, 5.74) is 0.647. The van der Waals surface area contributed by atoms with Crippen molar-refractivity contribution in [3.05, 3.63) is 35.9 Å². The molecule has 0 spiro atoms. The molecule has 12 amide bonds. The zero-order chi connectivity index (χ0) is 68.2. The highest BCUT2D eigenvalue weighted by Crippen LogP contribution is 2.22. The first kappa shape index (κ1) is 77.2. The molecule has 3 rings (SSSR count). The molecule has 506 valence electrons. The number of imide groups is 1. The van der Waals surface area contributed by atoms with Crippen molar-refractivity contribution >= 4 is 70.9 Å². The van der Waals surface area contributed by atoms with Crippen LogP contribution in [0.25, 0.3) is 0 Å². The summed E-state index contributed by atoms with van der Waals surface area (Å²) in [5.74, 6) is -10.4. The van der Waals surface area contributed by atoms with Gasteiger partial charge in [-0.2, -0.15) is 0 Å². The molecule has 0 saturated carbocycles. The third-order valence-electron chi connectivity index (χ3n) is 16.9. The van der Waals surface area contributed by atoms with Gasteiger partial charge in [0.25, 0.3) is 11.8 Å². The Morgan fingerprint density at radius 1 is 0.600 bits per heavy atom. The van der Waals surface area contributed by atoms with E-state index in [1.54, 1.807) is 65.1 Å². The molecule has 2 aliphatic rings. The summed E-state index contributed by atoms with van der Waals surface area (Å²) < 4.78 is 0. The Hall–Kier alpha value is -7.02. The smallest absolute Gasteiger partial charge is 0.324 e. The first-order valence-electron chi connectivity index (χ1n) is 32.1. The number of nitrogens with one attached hydrogen (secondary N) is 6. The number of amides is 12. The van der Waals surface area contributed by atoms with E-state index in [9.17, 15) is 62.6 Å². The number of aliphatic hydroxyl groups excluding tert-OH is 1. The molecule has 2 saturated heterocycles. The van der Waals surface area contributed by atoms with E-state index in [1.165, 1.54) is 73.5 Å². The molecule has 0 radical (unpaired) electrons.